The first-order chi connectivity index (χ1) is 8.29. The van der Waals surface area contributed by atoms with Gasteiger partial charge in [-0.1, -0.05) is 6.08 Å². The second kappa shape index (κ2) is 5.81. The molecule has 7 heteroatoms. The Morgan fingerprint density at radius 1 is 1.56 bits per heavy atom. The van der Waals surface area contributed by atoms with Gasteiger partial charge in [0.25, 0.3) is 0 Å². The minimum absolute atomic E-state index is 0.129. The van der Waals surface area contributed by atoms with Crippen LogP contribution >= 0.6 is 0 Å². The monoisotopic (exact) mass is 276 g/mol. The third kappa shape index (κ3) is 3.30. The van der Waals surface area contributed by atoms with Gasteiger partial charge >= 0.3 is 5.97 Å². The number of piperidine rings is 1. The first kappa shape index (κ1) is 15.1. The number of hydrogen-bond acceptors (Lipinski definition) is 5. The molecule has 0 spiro atoms. The minimum atomic E-state index is -3.39. The molecule has 104 valence electrons. The highest BCUT2D eigenvalue weighted by Crippen LogP contribution is 2.27. The highest BCUT2D eigenvalue weighted by atomic mass is 32.2. The molecule has 0 aromatic heterocycles. The minimum Gasteiger partial charge on any atom is -0.481 e. The van der Waals surface area contributed by atoms with Crippen LogP contribution in [0.4, 0.5) is 0 Å². The van der Waals surface area contributed by atoms with Crippen molar-refractivity contribution in [1.29, 1.82) is 0 Å². The Bertz CT molecular complexity index is 419. The molecule has 1 fully saturated rings. The maximum atomic E-state index is 12.1. The molecular formula is C11H20N2O4S. The van der Waals surface area contributed by atoms with E-state index in [9.17, 15) is 13.2 Å². The first-order valence-electron chi connectivity index (χ1n) is 5.78. The van der Waals surface area contributed by atoms with Crippen molar-refractivity contribution in [3.8, 4) is 0 Å². The van der Waals surface area contributed by atoms with Crippen LogP contribution in [0, 0.1) is 5.92 Å². The summed E-state index contributed by atoms with van der Waals surface area (Å²) in [6.07, 6.45) is 1.94. The summed E-state index contributed by atoms with van der Waals surface area (Å²) in [5, 5.41) is 11.7. The van der Waals surface area contributed by atoms with E-state index >= 15 is 0 Å². The largest absolute Gasteiger partial charge is 0.481 e. The Hall–Kier alpha value is -0.920. The van der Waals surface area contributed by atoms with Gasteiger partial charge in [-0.3, -0.25) is 4.79 Å². The third-order valence-electron chi connectivity index (χ3n) is 3.15. The van der Waals surface area contributed by atoms with E-state index in [-0.39, 0.29) is 12.2 Å². The number of carbonyl (C=O) groups is 1. The summed E-state index contributed by atoms with van der Waals surface area (Å²) < 4.78 is 24.3. The zero-order valence-electron chi connectivity index (χ0n) is 10.7. The van der Waals surface area contributed by atoms with Crippen LogP contribution in [-0.4, -0.2) is 61.3 Å². The Morgan fingerprint density at radius 2 is 2.17 bits per heavy atom. The smallest absolute Gasteiger partial charge is 0.306 e. The van der Waals surface area contributed by atoms with Crippen LogP contribution in [0.1, 0.15) is 12.8 Å². The molecule has 18 heavy (non-hydrogen) atoms. The third-order valence-corrected chi connectivity index (χ3v) is 5.12. The number of hydrogen-bond donors (Lipinski definition) is 1. The van der Waals surface area contributed by atoms with E-state index in [0.29, 0.717) is 13.0 Å². The Kier molecular flexibility index (Phi) is 4.89. The van der Waals surface area contributed by atoms with E-state index in [0.717, 1.165) is 0 Å². The Morgan fingerprint density at radius 3 is 2.61 bits per heavy atom. The van der Waals surface area contributed by atoms with Crippen molar-refractivity contribution in [2.75, 3.05) is 26.4 Å². The van der Waals surface area contributed by atoms with Crippen LogP contribution in [0.2, 0.25) is 0 Å². The second-order valence-corrected chi connectivity index (χ2v) is 6.85. The van der Waals surface area contributed by atoms with Crippen molar-refractivity contribution in [3.63, 3.8) is 0 Å². The number of aliphatic carboxylic acids is 1. The van der Waals surface area contributed by atoms with Crippen LogP contribution in [0.5, 0.6) is 0 Å². The highest BCUT2D eigenvalue weighted by molar-refractivity contribution is 7.92. The van der Waals surface area contributed by atoms with Crippen LogP contribution in [0.25, 0.3) is 0 Å². The lowest BCUT2D eigenvalue weighted by Gasteiger charge is -2.40. The lowest BCUT2D eigenvalue weighted by Crippen LogP contribution is -2.54. The van der Waals surface area contributed by atoms with Gasteiger partial charge in [0.15, 0.2) is 9.84 Å². The van der Waals surface area contributed by atoms with Crippen molar-refractivity contribution < 1.29 is 18.3 Å². The molecule has 0 radical (unpaired) electrons. The van der Waals surface area contributed by atoms with Gasteiger partial charge in [-0.15, -0.1) is 6.58 Å². The van der Waals surface area contributed by atoms with Gasteiger partial charge in [0.2, 0.25) is 0 Å². The quantitative estimate of drug-likeness (QED) is 0.722. The number of carboxylic acids is 1. The van der Waals surface area contributed by atoms with Crippen LogP contribution < -0.4 is 0 Å². The van der Waals surface area contributed by atoms with E-state index in [1.54, 1.807) is 24.1 Å². The lowest BCUT2D eigenvalue weighted by atomic mass is 9.98. The molecule has 0 aromatic carbocycles. The standard InChI is InChI=1S/C11H20N2O4S/c1-4-7-18(16,17)10-8-9(11(14)15)5-6-13(10)12(2)3/h4,9-10H,1,5-8H2,2-3H3,(H,14,15). The molecule has 0 aliphatic carbocycles. The highest BCUT2D eigenvalue weighted by Gasteiger charge is 2.40. The van der Waals surface area contributed by atoms with E-state index in [1.807, 2.05) is 0 Å². The molecule has 1 aliphatic heterocycles. The molecular weight excluding hydrogens is 256 g/mol. The van der Waals surface area contributed by atoms with E-state index in [1.165, 1.54) is 6.08 Å². The molecule has 0 saturated carbocycles. The molecule has 2 unspecified atom stereocenters. The summed E-state index contributed by atoms with van der Waals surface area (Å²) in [5.74, 6) is -1.65. The van der Waals surface area contributed by atoms with Crippen LogP contribution in [0.3, 0.4) is 0 Å². The first-order valence-corrected chi connectivity index (χ1v) is 7.50. The Labute approximate surface area is 108 Å². The van der Waals surface area contributed by atoms with E-state index in [4.69, 9.17) is 5.11 Å². The maximum Gasteiger partial charge on any atom is 0.306 e. The van der Waals surface area contributed by atoms with Gasteiger partial charge in [0, 0.05) is 20.6 Å². The molecule has 1 heterocycles. The number of carboxylic acid groups (broad SMARTS) is 1. The summed E-state index contributed by atoms with van der Waals surface area (Å²) in [5.41, 5.74) is 0. The molecule has 2 atom stereocenters. The molecule has 0 aromatic rings. The molecule has 1 N–H and O–H groups in total. The van der Waals surface area contributed by atoms with Crippen molar-refractivity contribution in [3.05, 3.63) is 12.7 Å². The van der Waals surface area contributed by atoms with Crippen molar-refractivity contribution in [2.24, 2.45) is 5.92 Å². The Balaban J connectivity index is 2.98. The summed E-state index contributed by atoms with van der Waals surface area (Å²) in [6, 6.07) is 0. The normalized spacial score (nSPS) is 26.2. The van der Waals surface area contributed by atoms with Crippen molar-refractivity contribution >= 4 is 15.8 Å². The number of hydrazine groups is 1. The summed E-state index contributed by atoms with van der Waals surface area (Å²) >= 11 is 0. The van der Waals surface area contributed by atoms with Crippen LogP contribution in [0.15, 0.2) is 12.7 Å². The molecule has 1 saturated heterocycles. The van der Waals surface area contributed by atoms with Gasteiger partial charge in [-0.05, 0) is 12.8 Å². The molecule has 1 rings (SSSR count). The summed E-state index contributed by atoms with van der Waals surface area (Å²) in [7, 11) is 0.132. The maximum absolute atomic E-state index is 12.1. The second-order valence-electron chi connectivity index (χ2n) is 4.64. The van der Waals surface area contributed by atoms with Crippen LogP contribution in [-0.2, 0) is 14.6 Å². The van der Waals surface area contributed by atoms with E-state index < -0.39 is 27.1 Å². The average Bonchev–Trinajstić information content (AvgIpc) is 2.27. The molecule has 0 amide bonds. The predicted octanol–water partition coefficient (Wildman–Crippen LogP) is 0.187. The fourth-order valence-corrected chi connectivity index (χ4v) is 3.95. The number of sulfone groups is 1. The topological polar surface area (TPSA) is 77.9 Å². The lowest BCUT2D eigenvalue weighted by molar-refractivity contribution is -0.145. The average molecular weight is 276 g/mol. The number of nitrogens with zero attached hydrogens (tertiary/aromatic N) is 2. The van der Waals surface area contributed by atoms with Gasteiger partial charge in [-0.2, -0.15) is 0 Å². The zero-order chi connectivity index (χ0) is 13.9. The molecule has 1 aliphatic rings. The SMILES string of the molecule is C=CCS(=O)(=O)C1CC(C(=O)O)CCN1N(C)C. The van der Waals surface area contributed by atoms with Gasteiger partial charge in [0.1, 0.15) is 5.37 Å². The molecule has 0 bridgehead atoms. The fraction of sp³-hybridized carbons (Fsp3) is 0.727. The fourth-order valence-electron chi connectivity index (χ4n) is 2.20. The van der Waals surface area contributed by atoms with Gasteiger partial charge in [0.05, 0.1) is 11.7 Å². The number of rotatable bonds is 5. The van der Waals surface area contributed by atoms with E-state index in [2.05, 4.69) is 6.58 Å². The van der Waals surface area contributed by atoms with Crippen molar-refractivity contribution in [1.82, 2.24) is 10.0 Å². The van der Waals surface area contributed by atoms with Gasteiger partial charge in [-0.25, -0.2) is 18.4 Å². The molecule has 6 nitrogen and oxygen atoms in total. The van der Waals surface area contributed by atoms with Crippen molar-refractivity contribution in [2.45, 2.75) is 18.2 Å². The zero-order valence-corrected chi connectivity index (χ0v) is 11.6. The predicted molar refractivity (Wildman–Crippen MR) is 68.5 cm³/mol. The summed E-state index contributed by atoms with van der Waals surface area (Å²) in [4.78, 5) is 11.0. The van der Waals surface area contributed by atoms with Gasteiger partial charge < -0.3 is 5.11 Å². The summed E-state index contributed by atoms with van der Waals surface area (Å²) in [6.45, 7) is 3.87.